The van der Waals surface area contributed by atoms with Crippen LogP contribution in [0.25, 0.3) is 11.6 Å². The van der Waals surface area contributed by atoms with Crippen molar-refractivity contribution in [3.05, 3.63) is 82.4 Å². The first-order valence-corrected chi connectivity index (χ1v) is 9.19. The molecule has 26 heavy (non-hydrogen) atoms. The van der Waals surface area contributed by atoms with Gasteiger partial charge in [-0.2, -0.15) is 0 Å². The lowest BCUT2D eigenvalue weighted by atomic mass is 9.96. The van der Waals surface area contributed by atoms with Gasteiger partial charge in [-0.3, -0.25) is 4.90 Å². The number of benzene rings is 2. The zero-order valence-corrected chi connectivity index (χ0v) is 15.3. The molecule has 1 aliphatic rings. The smallest absolute Gasteiger partial charge is 0.328 e. The highest BCUT2D eigenvalue weighted by atomic mass is 35.5. The lowest BCUT2D eigenvalue weighted by molar-refractivity contribution is -0.131. The number of rotatable bonds is 6. The quantitative estimate of drug-likeness (QED) is 0.733. The number of halogens is 1. The molecule has 0 saturated carbocycles. The third-order valence-corrected chi connectivity index (χ3v) is 4.78. The molecule has 0 unspecified atom stereocenters. The van der Waals surface area contributed by atoms with E-state index in [0.717, 1.165) is 48.0 Å². The standard InChI is InChI=1S/C22H22ClNO2/c23-20-9-7-18(8-10-20)21(12-15-24-13-1-2-14-24)19-5-3-4-17(16-19)6-11-22(25)26/h3-12,16H,1-2,13-15H2,(H,25,26)/b11-6+,21-12?. The Morgan fingerprint density at radius 2 is 1.81 bits per heavy atom. The topological polar surface area (TPSA) is 40.5 Å². The van der Waals surface area contributed by atoms with E-state index in [1.54, 1.807) is 6.08 Å². The van der Waals surface area contributed by atoms with E-state index in [-0.39, 0.29) is 0 Å². The van der Waals surface area contributed by atoms with Gasteiger partial charge in [-0.05, 0) is 72.5 Å². The summed E-state index contributed by atoms with van der Waals surface area (Å²) in [5.74, 6) is -0.946. The number of carboxylic acid groups (broad SMARTS) is 1. The van der Waals surface area contributed by atoms with Gasteiger partial charge in [-0.25, -0.2) is 4.79 Å². The molecule has 1 aliphatic heterocycles. The maximum Gasteiger partial charge on any atom is 0.328 e. The van der Waals surface area contributed by atoms with Gasteiger partial charge in [-0.1, -0.05) is 48.0 Å². The first kappa shape index (κ1) is 18.4. The Hall–Kier alpha value is -2.36. The number of carboxylic acids is 1. The zero-order chi connectivity index (χ0) is 18.4. The Balaban J connectivity index is 1.94. The first-order chi connectivity index (χ1) is 12.6. The van der Waals surface area contributed by atoms with E-state index in [0.29, 0.717) is 5.02 Å². The molecule has 4 heteroatoms. The van der Waals surface area contributed by atoms with Crippen LogP contribution in [0, 0.1) is 0 Å². The van der Waals surface area contributed by atoms with E-state index in [2.05, 4.69) is 17.0 Å². The van der Waals surface area contributed by atoms with Crippen molar-refractivity contribution in [1.29, 1.82) is 0 Å². The maximum atomic E-state index is 10.8. The minimum Gasteiger partial charge on any atom is -0.478 e. The van der Waals surface area contributed by atoms with Crippen LogP contribution in [0.1, 0.15) is 29.5 Å². The second-order valence-corrected chi connectivity index (χ2v) is 6.87. The molecule has 3 rings (SSSR count). The molecule has 0 aliphatic carbocycles. The fraction of sp³-hybridized carbons (Fsp3) is 0.227. The summed E-state index contributed by atoms with van der Waals surface area (Å²) in [7, 11) is 0. The third-order valence-electron chi connectivity index (χ3n) is 4.52. The second-order valence-electron chi connectivity index (χ2n) is 6.43. The van der Waals surface area contributed by atoms with E-state index in [1.165, 1.54) is 12.8 Å². The van der Waals surface area contributed by atoms with Crippen molar-refractivity contribution >= 4 is 29.2 Å². The molecule has 0 radical (unpaired) electrons. The molecule has 0 aromatic heterocycles. The number of hydrogen-bond donors (Lipinski definition) is 1. The highest BCUT2D eigenvalue weighted by molar-refractivity contribution is 6.30. The second kappa shape index (κ2) is 8.84. The van der Waals surface area contributed by atoms with Crippen molar-refractivity contribution in [1.82, 2.24) is 4.90 Å². The van der Waals surface area contributed by atoms with E-state index in [9.17, 15) is 4.79 Å². The van der Waals surface area contributed by atoms with Crippen molar-refractivity contribution in [3.8, 4) is 0 Å². The lowest BCUT2D eigenvalue weighted by Gasteiger charge is -2.15. The van der Waals surface area contributed by atoms with Gasteiger partial charge in [-0.15, -0.1) is 0 Å². The van der Waals surface area contributed by atoms with E-state index in [1.807, 2.05) is 42.5 Å². The molecule has 1 saturated heterocycles. The van der Waals surface area contributed by atoms with Crippen LogP contribution in [0.5, 0.6) is 0 Å². The van der Waals surface area contributed by atoms with Crippen molar-refractivity contribution in [2.45, 2.75) is 12.8 Å². The fourth-order valence-electron chi connectivity index (χ4n) is 3.19. The van der Waals surface area contributed by atoms with Crippen LogP contribution in [-0.2, 0) is 4.79 Å². The fourth-order valence-corrected chi connectivity index (χ4v) is 3.32. The molecule has 0 spiro atoms. The van der Waals surface area contributed by atoms with Crippen LogP contribution in [0.4, 0.5) is 0 Å². The van der Waals surface area contributed by atoms with Crippen molar-refractivity contribution in [2.24, 2.45) is 0 Å². The van der Waals surface area contributed by atoms with Gasteiger partial charge in [0, 0.05) is 17.6 Å². The zero-order valence-electron chi connectivity index (χ0n) is 14.6. The van der Waals surface area contributed by atoms with Crippen LogP contribution in [0.2, 0.25) is 5.02 Å². The molecular formula is C22H22ClNO2. The van der Waals surface area contributed by atoms with Gasteiger partial charge in [0.1, 0.15) is 0 Å². The molecule has 1 heterocycles. The summed E-state index contributed by atoms with van der Waals surface area (Å²) in [4.78, 5) is 13.2. The van der Waals surface area contributed by atoms with Crippen LogP contribution in [-0.4, -0.2) is 35.6 Å². The predicted octanol–water partition coefficient (Wildman–Crippen LogP) is 4.97. The van der Waals surface area contributed by atoms with Gasteiger partial charge < -0.3 is 5.11 Å². The SMILES string of the molecule is O=C(O)/C=C/c1cccc(C(=CCN2CCCC2)c2ccc(Cl)cc2)c1. The first-order valence-electron chi connectivity index (χ1n) is 8.82. The number of carbonyl (C=O) groups is 1. The highest BCUT2D eigenvalue weighted by Gasteiger charge is 2.11. The molecule has 3 nitrogen and oxygen atoms in total. The third kappa shape index (κ3) is 5.07. The van der Waals surface area contributed by atoms with Crippen LogP contribution in [0.3, 0.4) is 0 Å². The Morgan fingerprint density at radius 1 is 1.08 bits per heavy atom. The summed E-state index contributed by atoms with van der Waals surface area (Å²) in [5.41, 5.74) is 4.18. The molecule has 2 aromatic carbocycles. The van der Waals surface area contributed by atoms with E-state index in [4.69, 9.17) is 16.7 Å². The summed E-state index contributed by atoms with van der Waals surface area (Å²) in [6.07, 6.45) is 7.56. The molecule has 1 fully saturated rings. The minimum absolute atomic E-state index is 0.714. The van der Waals surface area contributed by atoms with Crippen LogP contribution in [0.15, 0.2) is 60.7 Å². The number of hydrogen-bond acceptors (Lipinski definition) is 2. The van der Waals surface area contributed by atoms with Gasteiger partial charge in [0.05, 0.1) is 0 Å². The minimum atomic E-state index is -0.946. The predicted molar refractivity (Wildman–Crippen MR) is 107 cm³/mol. The summed E-state index contributed by atoms with van der Waals surface area (Å²) in [6.45, 7) is 3.20. The number of aliphatic carboxylic acids is 1. The lowest BCUT2D eigenvalue weighted by Crippen LogP contribution is -2.19. The molecular weight excluding hydrogens is 346 g/mol. The Kier molecular flexibility index (Phi) is 6.26. The summed E-state index contributed by atoms with van der Waals surface area (Å²) in [6, 6.07) is 15.8. The summed E-state index contributed by atoms with van der Waals surface area (Å²) in [5, 5.41) is 9.56. The molecule has 0 atom stereocenters. The Bertz CT molecular complexity index is 818. The molecule has 2 aromatic rings. The molecule has 134 valence electrons. The van der Waals surface area contributed by atoms with E-state index >= 15 is 0 Å². The molecule has 0 bridgehead atoms. The van der Waals surface area contributed by atoms with Crippen molar-refractivity contribution in [3.63, 3.8) is 0 Å². The average Bonchev–Trinajstić information content (AvgIpc) is 3.15. The van der Waals surface area contributed by atoms with Gasteiger partial charge in [0.2, 0.25) is 0 Å². The largest absolute Gasteiger partial charge is 0.478 e. The highest BCUT2D eigenvalue weighted by Crippen LogP contribution is 2.26. The van der Waals surface area contributed by atoms with Gasteiger partial charge in [0.15, 0.2) is 0 Å². The monoisotopic (exact) mass is 367 g/mol. The normalized spacial score (nSPS) is 15.7. The number of nitrogens with zero attached hydrogens (tertiary/aromatic N) is 1. The van der Waals surface area contributed by atoms with Crippen LogP contribution < -0.4 is 0 Å². The molecule has 1 N–H and O–H groups in total. The Morgan fingerprint density at radius 3 is 2.50 bits per heavy atom. The van der Waals surface area contributed by atoms with E-state index < -0.39 is 5.97 Å². The average molecular weight is 368 g/mol. The summed E-state index contributed by atoms with van der Waals surface area (Å²) < 4.78 is 0. The summed E-state index contributed by atoms with van der Waals surface area (Å²) >= 11 is 6.05. The van der Waals surface area contributed by atoms with Crippen molar-refractivity contribution in [2.75, 3.05) is 19.6 Å². The molecule has 0 amide bonds. The van der Waals surface area contributed by atoms with Gasteiger partial charge >= 0.3 is 5.97 Å². The van der Waals surface area contributed by atoms with Crippen LogP contribution >= 0.6 is 11.6 Å². The maximum absolute atomic E-state index is 10.8. The van der Waals surface area contributed by atoms with Crippen molar-refractivity contribution < 1.29 is 9.90 Å². The van der Waals surface area contributed by atoms with Gasteiger partial charge in [0.25, 0.3) is 0 Å². The Labute approximate surface area is 159 Å². The number of likely N-dealkylation sites (tertiary alicyclic amines) is 1.